The molecule has 5 rings (SSSR count). The Kier molecular flexibility index (Phi) is 6.19. The second-order valence-corrected chi connectivity index (χ2v) is 8.85. The van der Waals surface area contributed by atoms with E-state index < -0.39 is 0 Å². The summed E-state index contributed by atoms with van der Waals surface area (Å²) in [5.41, 5.74) is 4.77. The van der Waals surface area contributed by atoms with E-state index in [1.807, 2.05) is 60.7 Å². The van der Waals surface area contributed by atoms with Gasteiger partial charge in [-0.25, -0.2) is 0 Å². The van der Waals surface area contributed by atoms with E-state index in [-0.39, 0.29) is 23.9 Å². The third kappa shape index (κ3) is 4.60. The van der Waals surface area contributed by atoms with Crippen molar-refractivity contribution >= 4 is 28.4 Å². The number of hydrogen-bond acceptors (Lipinski definition) is 3. The van der Waals surface area contributed by atoms with Crippen LogP contribution >= 0.6 is 0 Å². The first-order chi connectivity index (χ1) is 17.0. The molecule has 1 aliphatic heterocycles. The number of nitrogens with zero attached hydrogens (tertiary/aromatic N) is 2. The van der Waals surface area contributed by atoms with Crippen LogP contribution in [0.3, 0.4) is 0 Å². The summed E-state index contributed by atoms with van der Waals surface area (Å²) in [7, 11) is 0. The molecule has 0 atom stereocenters. The molecule has 0 radical (unpaired) electrons. The van der Waals surface area contributed by atoms with Crippen LogP contribution in [0.1, 0.15) is 34.0 Å². The van der Waals surface area contributed by atoms with Crippen molar-refractivity contribution in [3.63, 3.8) is 0 Å². The average molecular weight is 466 g/mol. The van der Waals surface area contributed by atoms with Gasteiger partial charge in [-0.3, -0.25) is 19.0 Å². The highest BCUT2D eigenvalue weighted by Gasteiger charge is 2.24. The van der Waals surface area contributed by atoms with Crippen molar-refractivity contribution in [3.05, 3.63) is 111 Å². The van der Waals surface area contributed by atoms with Crippen LogP contribution in [-0.4, -0.2) is 27.8 Å². The van der Waals surface area contributed by atoms with Gasteiger partial charge in [0.25, 0.3) is 11.5 Å². The van der Waals surface area contributed by atoms with E-state index in [9.17, 15) is 14.4 Å². The lowest BCUT2D eigenvalue weighted by Crippen LogP contribution is -2.37. The fourth-order valence-electron chi connectivity index (χ4n) is 4.73. The molecule has 0 fully saturated rings. The summed E-state index contributed by atoms with van der Waals surface area (Å²) >= 11 is 0. The molecular weight excluding hydrogens is 438 g/mol. The number of nitrogens with one attached hydrogen (secondary N) is 1. The fraction of sp³-hybridized carbons (Fsp3) is 0.207. The Bertz CT molecular complexity index is 1490. The van der Waals surface area contributed by atoms with Crippen LogP contribution in [0, 0.1) is 0 Å². The molecule has 0 saturated heterocycles. The average Bonchev–Trinajstić information content (AvgIpc) is 2.89. The molecule has 0 saturated carbocycles. The first-order valence-corrected chi connectivity index (χ1v) is 11.9. The maximum Gasteiger partial charge on any atom is 0.255 e. The Labute approximate surface area is 203 Å². The molecule has 2 heterocycles. The van der Waals surface area contributed by atoms with Gasteiger partial charge >= 0.3 is 0 Å². The Morgan fingerprint density at radius 2 is 1.69 bits per heavy atom. The Hall–Kier alpha value is -4.19. The Morgan fingerprint density at radius 1 is 0.914 bits per heavy atom. The van der Waals surface area contributed by atoms with Crippen LogP contribution < -0.4 is 10.9 Å². The summed E-state index contributed by atoms with van der Waals surface area (Å²) in [6, 6.07) is 24.4. The van der Waals surface area contributed by atoms with Crippen molar-refractivity contribution < 1.29 is 9.59 Å². The summed E-state index contributed by atoms with van der Waals surface area (Å²) in [4.78, 5) is 41.3. The third-order valence-corrected chi connectivity index (χ3v) is 6.59. The Morgan fingerprint density at radius 3 is 2.51 bits per heavy atom. The van der Waals surface area contributed by atoms with E-state index in [0.29, 0.717) is 35.2 Å². The van der Waals surface area contributed by atoms with Crippen molar-refractivity contribution in [2.45, 2.75) is 32.9 Å². The molecule has 0 bridgehead atoms. The molecule has 176 valence electrons. The number of aryl methyl sites for hydroxylation is 1. The number of rotatable bonds is 5. The van der Waals surface area contributed by atoms with E-state index in [1.54, 1.807) is 11.0 Å². The summed E-state index contributed by atoms with van der Waals surface area (Å²) in [5, 5.41) is 3.55. The highest BCUT2D eigenvalue weighted by atomic mass is 16.2. The lowest BCUT2D eigenvalue weighted by Gasteiger charge is -2.29. The van der Waals surface area contributed by atoms with Crippen molar-refractivity contribution in [1.29, 1.82) is 0 Å². The largest absolute Gasteiger partial charge is 0.334 e. The number of amides is 2. The predicted molar refractivity (Wildman–Crippen MR) is 138 cm³/mol. The van der Waals surface area contributed by atoms with E-state index in [4.69, 9.17) is 0 Å². The van der Waals surface area contributed by atoms with Gasteiger partial charge < -0.3 is 10.2 Å². The van der Waals surface area contributed by atoms with Crippen LogP contribution in [0.2, 0.25) is 0 Å². The third-order valence-electron chi connectivity index (χ3n) is 6.59. The van der Waals surface area contributed by atoms with E-state index in [2.05, 4.69) is 18.3 Å². The SMILES string of the molecule is CCc1cccc(NC(=O)Cn2c(=O)cc(C(=O)N3CCc4ccccc4C3)c3ccccc32)c1. The molecule has 0 unspecified atom stereocenters. The van der Waals surface area contributed by atoms with Crippen LogP contribution in [0.5, 0.6) is 0 Å². The van der Waals surface area contributed by atoms with Gasteiger partial charge in [-0.05, 0) is 47.7 Å². The maximum absolute atomic E-state index is 13.5. The number of carbonyl (C=O) groups excluding carboxylic acids is 2. The molecule has 1 N–H and O–H groups in total. The zero-order valence-corrected chi connectivity index (χ0v) is 19.7. The number of anilines is 1. The zero-order valence-electron chi connectivity index (χ0n) is 19.7. The summed E-state index contributed by atoms with van der Waals surface area (Å²) < 4.78 is 1.43. The fourth-order valence-corrected chi connectivity index (χ4v) is 4.73. The number of hydrogen-bond donors (Lipinski definition) is 1. The minimum absolute atomic E-state index is 0.138. The molecule has 6 heteroatoms. The van der Waals surface area contributed by atoms with Gasteiger partial charge in [0.1, 0.15) is 6.54 Å². The number of pyridine rings is 1. The van der Waals surface area contributed by atoms with Gasteiger partial charge in [-0.1, -0.05) is 61.5 Å². The molecular formula is C29H27N3O3. The minimum atomic E-state index is -0.373. The molecule has 0 spiro atoms. The molecule has 4 aromatic rings. The molecule has 3 aromatic carbocycles. The van der Waals surface area contributed by atoms with Crippen molar-refractivity contribution in [2.75, 3.05) is 11.9 Å². The number of carbonyl (C=O) groups is 2. The smallest absolute Gasteiger partial charge is 0.255 e. The van der Waals surface area contributed by atoms with E-state index >= 15 is 0 Å². The molecule has 2 amide bonds. The lowest BCUT2D eigenvalue weighted by atomic mass is 9.98. The van der Waals surface area contributed by atoms with Gasteiger partial charge in [0.2, 0.25) is 5.91 Å². The first kappa shape index (κ1) is 22.6. The maximum atomic E-state index is 13.5. The van der Waals surface area contributed by atoms with Crippen LogP contribution in [0.25, 0.3) is 10.9 Å². The molecule has 1 aromatic heterocycles. The van der Waals surface area contributed by atoms with Crippen LogP contribution in [-0.2, 0) is 30.7 Å². The predicted octanol–water partition coefficient (Wildman–Crippen LogP) is 4.40. The lowest BCUT2D eigenvalue weighted by molar-refractivity contribution is -0.116. The van der Waals surface area contributed by atoms with Crippen molar-refractivity contribution in [3.8, 4) is 0 Å². The molecule has 6 nitrogen and oxygen atoms in total. The van der Waals surface area contributed by atoms with Gasteiger partial charge in [-0.2, -0.15) is 0 Å². The van der Waals surface area contributed by atoms with Crippen molar-refractivity contribution in [2.24, 2.45) is 0 Å². The second kappa shape index (κ2) is 9.58. The number of benzene rings is 3. The summed E-state index contributed by atoms with van der Waals surface area (Å²) in [6.45, 7) is 3.04. The first-order valence-electron chi connectivity index (χ1n) is 11.9. The number of para-hydroxylation sites is 1. The number of fused-ring (bicyclic) bond motifs is 2. The van der Waals surface area contributed by atoms with Gasteiger partial charge in [0.05, 0.1) is 11.1 Å². The van der Waals surface area contributed by atoms with Gasteiger partial charge in [0, 0.05) is 30.2 Å². The van der Waals surface area contributed by atoms with Gasteiger partial charge in [0.15, 0.2) is 0 Å². The zero-order chi connectivity index (χ0) is 24.4. The van der Waals surface area contributed by atoms with Crippen LogP contribution in [0.15, 0.2) is 83.7 Å². The van der Waals surface area contributed by atoms with Crippen molar-refractivity contribution in [1.82, 2.24) is 9.47 Å². The molecule has 35 heavy (non-hydrogen) atoms. The molecule has 0 aliphatic carbocycles. The van der Waals surface area contributed by atoms with E-state index in [0.717, 1.165) is 24.0 Å². The summed E-state index contributed by atoms with van der Waals surface area (Å²) in [5.74, 6) is -0.460. The summed E-state index contributed by atoms with van der Waals surface area (Å²) in [6.07, 6.45) is 1.65. The molecule has 1 aliphatic rings. The van der Waals surface area contributed by atoms with E-state index in [1.165, 1.54) is 16.2 Å². The second-order valence-electron chi connectivity index (χ2n) is 8.85. The highest BCUT2D eigenvalue weighted by Crippen LogP contribution is 2.23. The topological polar surface area (TPSA) is 71.4 Å². The minimum Gasteiger partial charge on any atom is -0.334 e. The quantitative estimate of drug-likeness (QED) is 0.475. The monoisotopic (exact) mass is 465 g/mol. The Balaban J connectivity index is 1.44. The van der Waals surface area contributed by atoms with Crippen LogP contribution in [0.4, 0.5) is 5.69 Å². The normalized spacial score (nSPS) is 12.9. The van der Waals surface area contributed by atoms with Gasteiger partial charge in [-0.15, -0.1) is 0 Å². The standard InChI is InChI=1S/C29H27N3O3/c1-2-20-8-7-11-23(16-20)30-27(33)19-32-26-13-6-5-12-24(26)25(17-28(32)34)29(35)31-15-14-21-9-3-4-10-22(21)18-31/h3-13,16-17H,2,14-15,18-19H2,1H3,(H,30,33). The highest BCUT2D eigenvalue weighted by molar-refractivity contribution is 6.06. The number of aromatic nitrogens is 1.